The number of carbonyl (C=O) groups excluding carboxylic acids is 1. The van der Waals surface area contributed by atoms with Gasteiger partial charge in [0.1, 0.15) is 11.4 Å². The van der Waals surface area contributed by atoms with Crippen LogP contribution in [0.4, 0.5) is 33.7 Å². The minimum Gasteiger partial charge on any atom is -0.425 e. The molecular weight excluding hydrogens is 498 g/mol. The number of nitrogens with one attached hydrogen (secondary N) is 3. The van der Waals surface area contributed by atoms with E-state index in [-0.39, 0.29) is 28.6 Å². The van der Waals surface area contributed by atoms with Gasteiger partial charge in [0.2, 0.25) is 0 Å². The van der Waals surface area contributed by atoms with Crippen molar-refractivity contribution in [1.29, 1.82) is 0 Å². The topological polar surface area (TPSA) is 75.5 Å². The Morgan fingerprint density at radius 2 is 1.72 bits per heavy atom. The molecule has 1 atom stereocenters. The second kappa shape index (κ2) is 10.2. The van der Waals surface area contributed by atoms with Crippen molar-refractivity contribution in [2.45, 2.75) is 19.1 Å². The van der Waals surface area contributed by atoms with E-state index in [0.717, 1.165) is 17.7 Å². The van der Waals surface area contributed by atoms with Crippen LogP contribution in [0.3, 0.4) is 0 Å². The summed E-state index contributed by atoms with van der Waals surface area (Å²) in [7, 11) is 0. The van der Waals surface area contributed by atoms with Crippen LogP contribution in [0.15, 0.2) is 77.2 Å². The van der Waals surface area contributed by atoms with E-state index in [1.54, 1.807) is 43.3 Å². The third-order valence-corrected chi connectivity index (χ3v) is 5.35. The number of alkyl halides is 3. The molecular formula is C25H19F4N3O3S. The molecule has 36 heavy (non-hydrogen) atoms. The van der Waals surface area contributed by atoms with E-state index in [1.165, 1.54) is 24.3 Å². The lowest BCUT2D eigenvalue weighted by Crippen LogP contribution is -2.31. The lowest BCUT2D eigenvalue weighted by molar-refractivity contribution is -0.136. The number of carbonyl (C=O) groups is 1. The van der Waals surface area contributed by atoms with Gasteiger partial charge in [-0.3, -0.25) is 5.32 Å². The van der Waals surface area contributed by atoms with Gasteiger partial charge in [-0.2, -0.15) is 13.2 Å². The minimum atomic E-state index is -4.78. The quantitative estimate of drug-likeness (QED) is 0.191. The zero-order valence-electron chi connectivity index (χ0n) is 18.7. The maximum Gasteiger partial charge on any atom is 0.419 e. The Balaban J connectivity index is 1.44. The Kier molecular flexibility index (Phi) is 7.11. The molecule has 1 amide bonds. The molecule has 0 aliphatic heterocycles. The standard InChI is InChI=1S/C25H19F4N3O3S/c1-14(15-6-8-17(26)9-7-15)30-23(36)31-18-10-11-20(19(13-18)25(27,28)29)32-24(33)35-22-12-16-4-2-3-5-21(16)34-22/h2-14H,1H3,(H,32,33)(H2,30,31,36). The van der Waals surface area contributed by atoms with Crippen molar-refractivity contribution < 1.29 is 31.5 Å². The number of anilines is 2. The van der Waals surface area contributed by atoms with E-state index in [0.29, 0.717) is 11.0 Å². The second-order valence-corrected chi connectivity index (χ2v) is 8.16. The van der Waals surface area contributed by atoms with Gasteiger partial charge in [0.15, 0.2) is 5.11 Å². The first-order valence-corrected chi connectivity index (χ1v) is 11.0. The number of ether oxygens (including phenoxy) is 1. The molecule has 0 fully saturated rings. The van der Waals surface area contributed by atoms with Crippen molar-refractivity contribution in [2.24, 2.45) is 0 Å². The van der Waals surface area contributed by atoms with Gasteiger partial charge in [-0.25, -0.2) is 9.18 Å². The average Bonchev–Trinajstić information content (AvgIpc) is 3.21. The van der Waals surface area contributed by atoms with E-state index in [4.69, 9.17) is 21.4 Å². The SMILES string of the molecule is CC(NC(=S)Nc1ccc(NC(=O)Oc2cc3ccccc3o2)c(C(F)(F)F)c1)c1ccc(F)cc1. The van der Waals surface area contributed by atoms with Crippen molar-refractivity contribution in [3.8, 4) is 5.95 Å². The molecule has 0 bridgehead atoms. The zero-order chi connectivity index (χ0) is 25.9. The zero-order valence-corrected chi connectivity index (χ0v) is 19.5. The average molecular weight is 518 g/mol. The Bertz CT molecular complexity index is 1370. The molecule has 4 aromatic rings. The van der Waals surface area contributed by atoms with Gasteiger partial charge in [0, 0.05) is 17.1 Å². The van der Waals surface area contributed by atoms with E-state index < -0.39 is 23.5 Å². The molecule has 1 heterocycles. The monoisotopic (exact) mass is 517 g/mol. The van der Waals surface area contributed by atoms with Gasteiger partial charge in [-0.15, -0.1) is 0 Å². The molecule has 4 rings (SSSR count). The van der Waals surface area contributed by atoms with Crippen LogP contribution < -0.4 is 20.7 Å². The lowest BCUT2D eigenvalue weighted by Gasteiger charge is -2.19. The number of thiocarbonyl (C=S) groups is 1. The fourth-order valence-corrected chi connectivity index (χ4v) is 3.69. The maximum absolute atomic E-state index is 13.7. The first-order chi connectivity index (χ1) is 17.1. The number of halogens is 4. The van der Waals surface area contributed by atoms with Gasteiger partial charge in [-0.1, -0.05) is 30.3 Å². The first kappa shape index (κ1) is 25.0. The van der Waals surface area contributed by atoms with E-state index in [9.17, 15) is 22.4 Å². The van der Waals surface area contributed by atoms with Gasteiger partial charge >= 0.3 is 12.3 Å². The van der Waals surface area contributed by atoms with Crippen molar-refractivity contribution in [2.75, 3.05) is 10.6 Å². The summed E-state index contributed by atoms with van der Waals surface area (Å²) < 4.78 is 64.7. The molecule has 0 saturated heterocycles. The summed E-state index contributed by atoms with van der Waals surface area (Å²) in [4.78, 5) is 12.2. The molecule has 0 radical (unpaired) electrons. The number of benzene rings is 3. The molecule has 186 valence electrons. The van der Waals surface area contributed by atoms with Crippen molar-refractivity contribution in [3.05, 3.63) is 89.7 Å². The minimum absolute atomic E-state index is 0.0438. The van der Waals surface area contributed by atoms with E-state index in [1.807, 2.05) is 0 Å². The van der Waals surface area contributed by atoms with Crippen LogP contribution in [0.1, 0.15) is 24.1 Å². The number of furan rings is 1. The Hall–Kier alpha value is -4.12. The number of hydrogen-bond donors (Lipinski definition) is 3. The highest BCUT2D eigenvalue weighted by Gasteiger charge is 2.34. The third-order valence-electron chi connectivity index (χ3n) is 5.13. The summed E-state index contributed by atoms with van der Waals surface area (Å²) in [5, 5.41) is 8.45. The molecule has 3 N–H and O–H groups in total. The largest absolute Gasteiger partial charge is 0.425 e. The van der Waals surface area contributed by atoms with Crippen LogP contribution in [-0.4, -0.2) is 11.2 Å². The highest BCUT2D eigenvalue weighted by molar-refractivity contribution is 7.80. The van der Waals surface area contributed by atoms with E-state index >= 15 is 0 Å². The van der Waals surface area contributed by atoms with Crippen LogP contribution >= 0.6 is 12.2 Å². The van der Waals surface area contributed by atoms with Crippen LogP contribution in [-0.2, 0) is 6.18 Å². The number of fused-ring (bicyclic) bond motifs is 1. The molecule has 0 saturated carbocycles. The molecule has 1 aromatic heterocycles. The molecule has 3 aromatic carbocycles. The predicted octanol–water partition coefficient (Wildman–Crippen LogP) is 7.25. The van der Waals surface area contributed by atoms with Gasteiger partial charge < -0.3 is 19.8 Å². The van der Waals surface area contributed by atoms with Gasteiger partial charge in [0.05, 0.1) is 17.3 Å². The van der Waals surface area contributed by atoms with Crippen LogP contribution in [0, 0.1) is 5.82 Å². The van der Waals surface area contributed by atoms with Gasteiger partial charge in [0.25, 0.3) is 5.95 Å². The van der Waals surface area contributed by atoms with Crippen LogP contribution in [0.25, 0.3) is 11.0 Å². The number of para-hydroxylation sites is 1. The number of rotatable bonds is 5. The molecule has 1 unspecified atom stereocenters. The third kappa shape index (κ3) is 6.11. The summed E-state index contributed by atoms with van der Waals surface area (Å²) in [6.07, 6.45) is -5.93. The summed E-state index contributed by atoms with van der Waals surface area (Å²) in [5.41, 5.74) is -0.373. The summed E-state index contributed by atoms with van der Waals surface area (Å²) >= 11 is 5.20. The summed E-state index contributed by atoms with van der Waals surface area (Å²) in [6, 6.07) is 17.0. The Morgan fingerprint density at radius 1 is 1.00 bits per heavy atom. The maximum atomic E-state index is 13.7. The fraction of sp³-hybridized carbons (Fsp3) is 0.120. The van der Waals surface area contributed by atoms with Crippen molar-refractivity contribution >= 4 is 45.8 Å². The normalized spacial score (nSPS) is 12.1. The van der Waals surface area contributed by atoms with Crippen molar-refractivity contribution in [1.82, 2.24) is 5.32 Å². The summed E-state index contributed by atoms with van der Waals surface area (Å²) in [5.74, 6) is -0.547. The number of hydrogen-bond acceptors (Lipinski definition) is 4. The molecule has 0 aliphatic rings. The molecule has 0 aliphatic carbocycles. The molecule has 6 nitrogen and oxygen atoms in total. The van der Waals surface area contributed by atoms with Crippen molar-refractivity contribution in [3.63, 3.8) is 0 Å². The molecule has 0 spiro atoms. The second-order valence-electron chi connectivity index (χ2n) is 7.75. The Labute approximate surface area is 208 Å². The fourth-order valence-electron chi connectivity index (χ4n) is 3.40. The predicted molar refractivity (Wildman–Crippen MR) is 131 cm³/mol. The molecule has 11 heteroatoms. The Morgan fingerprint density at radius 3 is 2.42 bits per heavy atom. The number of amides is 1. The van der Waals surface area contributed by atoms with Crippen LogP contribution in [0.2, 0.25) is 0 Å². The lowest BCUT2D eigenvalue weighted by atomic mass is 10.1. The van der Waals surface area contributed by atoms with E-state index in [2.05, 4.69) is 16.0 Å². The highest BCUT2D eigenvalue weighted by atomic mass is 32.1. The first-order valence-electron chi connectivity index (χ1n) is 10.6. The van der Waals surface area contributed by atoms with Crippen LogP contribution in [0.5, 0.6) is 5.95 Å². The smallest absolute Gasteiger partial charge is 0.419 e. The highest BCUT2D eigenvalue weighted by Crippen LogP contribution is 2.37. The summed E-state index contributed by atoms with van der Waals surface area (Å²) in [6.45, 7) is 1.77. The van der Waals surface area contributed by atoms with Gasteiger partial charge in [-0.05, 0) is 61.1 Å².